The minimum absolute atomic E-state index is 0.224. The van der Waals surface area contributed by atoms with E-state index in [-0.39, 0.29) is 13.2 Å². The van der Waals surface area contributed by atoms with Gasteiger partial charge in [-0.2, -0.15) is 0 Å². The number of aliphatic hydroxyl groups is 2. The number of para-hydroxylation sites is 1. The molecule has 0 bridgehead atoms. The van der Waals surface area contributed by atoms with Crippen LogP contribution >= 0.6 is 34.8 Å². The molecule has 0 heterocycles. The average Bonchev–Trinajstić information content (AvgIpc) is 0.747. The number of aryl methyl sites for hydroxylation is 2. The fraction of sp³-hybridized carbons (Fsp3) is 0.240. The molecule has 16 heteroatoms. The zero-order valence-corrected chi connectivity index (χ0v) is 69.6. The van der Waals surface area contributed by atoms with E-state index in [0.29, 0.717) is 69.6 Å². The number of hydrogen-bond donors (Lipinski definition) is 2. The lowest BCUT2D eigenvalue weighted by atomic mass is 9.96. The largest absolute Gasteiger partial charge is 0.493 e. The molecule has 0 aliphatic heterocycles. The van der Waals surface area contributed by atoms with E-state index in [1.807, 2.05) is 242 Å². The summed E-state index contributed by atoms with van der Waals surface area (Å²) in [6.07, 6.45) is -1.10. The Balaban J connectivity index is 0.000000134. The Morgan fingerprint density at radius 3 is 0.741 bits per heavy atom. The summed E-state index contributed by atoms with van der Waals surface area (Å²) in [6.45, 7) is 24.8. The summed E-state index contributed by atoms with van der Waals surface area (Å²) in [4.78, 5) is 0. The molecule has 0 fully saturated rings. The summed E-state index contributed by atoms with van der Waals surface area (Å²) in [5.41, 5.74) is 2.54. The normalized spacial score (nSPS) is 11.6. The standard InChI is InChI=1S/C24H22O3.C20H22O4.C20H22O2.C18H16Cl2O2.C18H17ClO2/c1-3-25-23-19-12-8-9-13-20(19)24(26-4-2)22-16-18(14-15-21(22)23)27-17-10-6-5-7-11-17;1-13(21)11-23-19-15-7-3-5-9-17(15)20(24-12-14(2)22)18-10-6-4-8-16(18)19;1-5-21-19-15-9-7-8-10-16(15)20(22-6-2)18-12-14(4)13(3)11-17(18)19;19-9-11-21-17-13-5-1-2-6-14(13)18(22-12-10-20)16-8-4-3-7-15(16)17;1-3-20-17-13-7-5-6-8-14(13)18(21-4-2)16-11-12(19)9-10-15(16)17/h5-16H,3-4H2,1-2H3;3-10,13-14,21-22H,11-12H2,1-2H3;7-12H,5-6H2,1-4H3;1-8H,9-12H2;5-11H,3-4H2,1-2H3. The second-order valence-corrected chi connectivity index (χ2v) is 28.6. The van der Waals surface area contributed by atoms with E-state index in [0.717, 1.165) is 177 Å². The van der Waals surface area contributed by atoms with Crippen LogP contribution < -0.4 is 52.1 Å². The molecule has 16 rings (SSSR count). The lowest BCUT2D eigenvalue weighted by molar-refractivity contribution is 0.123. The van der Waals surface area contributed by atoms with Gasteiger partial charge in [0.25, 0.3) is 0 Å². The molecule has 2 atom stereocenters. The highest BCUT2D eigenvalue weighted by Crippen LogP contribution is 2.49. The molecule has 16 aromatic carbocycles. The van der Waals surface area contributed by atoms with Crippen LogP contribution in [0.15, 0.2) is 249 Å². The smallest absolute Gasteiger partial charge is 0.135 e. The summed E-state index contributed by atoms with van der Waals surface area (Å²) >= 11 is 17.8. The van der Waals surface area contributed by atoms with Crippen LogP contribution in [0.5, 0.6) is 69.0 Å². The number of fused-ring (bicyclic) bond motifs is 10. The third kappa shape index (κ3) is 19.1. The molecule has 13 nitrogen and oxygen atoms in total. The SMILES string of the molecule is CC(O)COc1c2ccccc2c(OCC(C)O)c2ccccc12.CCOc1c2ccccc2c(OCC)c2cc(C)c(C)cc12.CCOc1c2ccccc2c(OCC)c2cc(Cl)ccc12.CCOc1c2ccccc2c(OCC)c2cc(Oc3ccccc3)ccc12.ClCCOc1c2ccccc2c(OCCCl)c2ccccc12. The maximum absolute atomic E-state index is 9.58. The van der Waals surface area contributed by atoms with Crippen molar-refractivity contribution in [3.8, 4) is 69.0 Å². The second kappa shape index (κ2) is 40.8. The zero-order chi connectivity index (χ0) is 81.6. The number of hydrogen-bond acceptors (Lipinski definition) is 13. The molecule has 0 aliphatic carbocycles. The van der Waals surface area contributed by atoms with Crippen molar-refractivity contribution < 1.29 is 62.3 Å². The van der Waals surface area contributed by atoms with Crippen molar-refractivity contribution >= 4 is 143 Å². The van der Waals surface area contributed by atoms with Gasteiger partial charge >= 0.3 is 0 Å². The maximum atomic E-state index is 9.58. The summed E-state index contributed by atoms with van der Waals surface area (Å²) < 4.78 is 65.6. The van der Waals surface area contributed by atoms with E-state index >= 15 is 0 Å². The fourth-order valence-electron chi connectivity index (χ4n) is 14.4. The number of benzene rings is 16. The highest BCUT2D eigenvalue weighted by atomic mass is 35.5. The predicted molar refractivity (Wildman–Crippen MR) is 482 cm³/mol. The molecule has 0 saturated carbocycles. The first kappa shape index (κ1) is 84.1. The Hall–Kier alpha value is -11.3. The predicted octanol–water partition coefficient (Wildman–Crippen LogP) is 26.2. The molecule has 2 N–H and O–H groups in total. The van der Waals surface area contributed by atoms with Gasteiger partial charge < -0.3 is 62.3 Å². The quantitative estimate of drug-likeness (QED) is 0.0393. The third-order valence-electron chi connectivity index (χ3n) is 19.3. The van der Waals surface area contributed by atoms with Gasteiger partial charge in [-0.05, 0) is 141 Å². The first-order valence-electron chi connectivity index (χ1n) is 39.6. The molecular formula is C100H99Cl3O13. The van der Waals surface area contributed by atoms with Gasteiger partial charge in [0.05, 0.1) is 63.6 Å². The van der Waals surface area contributed by atoms with Crippen molar-refractivity contribution in [3.05, 3.63) is 265 Å². The Kier molecular flexibility index (Phi) is 29.6. The maximum Gasteiger partial charge on any atom is 0.135 e. The number of halogens is 3. The Morgan fingerprint density at radius 2 is 0.474 bits per heavy atom. The number of rotatable bonds is 26. The number of aliphatic hydroxyl groups excluding tert-OH is 2. The molecule has 0 saturated heterocycles. The van der Waals surface area contributed by atoms with Crippen LogP contribution in [0.25, 0.3) is 108 Å². The second-order valence-electron chi connectivity index (χ2n) is 27.4. The van der Waals surface area contributed by atoms with Gasteiger partial charge in [-0.3, -0.25) is 0 Å². The van der Waals surface area contributed by atoms with E-state index in [2.05, 4.69) is 62.4 Å². The minimum Gasteiger partial charge on any atom is -0.493 e. The monoisotopic (exact) mass is 1610 g/mol. The van der Waals surface area contributed by atoms with Crippen molar-refractivity contribution in [3.63, 3.8) is 0 Å². The lowest BCUT2D eigenvalue weighted by Crippen LogP contribution is -2.14. The van der Waals surface area contributed by atoms with E-state index in [1.165, 1.54) is 11.1 Å². The number of ether oxygens (including phenoxy) is 11. The summed E-state index contributed by atoms with van der Waals surface area (Å²) in [5, 5.41) is 40.4. The van der Waals surface area contributed by atoms with Gasteiger partial charge in [0, 0.05) is 113 Å². The Labute approximate surface area is 693 Å². The van der Waals surface area contributed by atoms with Crippen molar-refractivity contribution in [2.45, 2.75) is 81.4 Å². The first-order valence-corrected chi connectivity index (χ1v) is 41.1. The van der Waals surface area contributed by atoms with E-state index < -0.39 is 12.2 Å². The molecule has 16 aromatic rings. The van der Waals surface area contributed by atoms with Crippen LogP contribution in [0, 0.1) is 13.8 Å². The van der Waals surface area contributed by atoms with Gasteiger partial charge in [-0.25, -0.2) is 0 Å². The molecule has 0 radical (unpaired) electrons. The highest BCUT2D eigenvalue weighted by molar-refractivity contribution is 6.32. The van der Waals surface area contributed by atoms with Gasteiger partial charge in [-0.1, -0.05) is 200 Å². The summed E-state index contributed by atoms with van der Waals surface area (Å²) in [5.74, 6) is 11.1. The molecule has 0 aromatic heterocycles. The van der Waals surface area contributed by atoms with Crippen molar-refractivity contribution in [2.75, 3.05) is 77.8 Å². The van der Waals surface area contributed by atoms with E-state index in [1.54, 1.807) is 13.8 Å². The van der Waals surface area contributed by atoms with E-state index in [4.69, 9.17) is 86.9 Å². The molecule has 0 amide bonds. The first-order chi connectivity index (χ1) is 56.7. The minimum atomic E-state index is -0.548. The van der Waals surface area contributed by atoms with Crippen molar-refractivity contribution in [2.24, 2.45) is 0 Å². The molecular weight excluding hydrogens is 1520 g/mol. The van der Waals surface area contributed by atoms with Crippen LogP contribution in [0.1, 0.15) is 66.5 Å². The van der Waals surface area contributed by atoms with Crippen LogP contribution in [0.2, 0.25) is 5.02 Å². The van der Waals surface area contributed by atoms with Crippen LogP contribution in [-0.4, -0.2) is 100 Å². The van der Waals surface area contributed by atoms with Gasteiger partial charge in [0.15, 0.2) is 0 Å². The summed E-state index contributed by atoms with van der Waals surface area (Å²) in [7, 11) is 0. The van der Waals surface area contributed by atoms with Gasteiger partial charge in [0.2, 0.25) is 0 Å². The Morgan fingerprint density at radius 1 is 0.250 bits per heavy atom. The van der Waals surface area contributed by atoms with Crippen LogP contribution in [-0.2, 0) is 0 Å². The zero-order valence-electron chi connectivity index (χ0n) is 67.3. The molecule has 598 valence electrons. The molecule has 116 heavy (non-hydrogen) atoms. The highest BCUT2D eigenvalue weighted by Gasteiger charge is 2.23. The lowest BCUT2D eigenvalue weighted by Gasteiger charge is -2.18. The average molecular weight is 1620 g/mol. The summed E-state index contributed by atoms with van der Waals surface area (Å²) in [6, 6.07) is 82.6. The van der Waals surface area contributed by atoms with Crippen molar-refractivity contribution in [1.29, 1.82) is 0 Å². The van der Waals surface area contributed by atoms with Crippen LogP contribution in [0.4, 0.5) is 0 Å². The molecule has 0 aliphatic rings. The topological polar surface area (TPSA) is 142 Å². The molecule has 2 unspecified atom stereocenters. The van der Waals surface area contributed by atoms with Crippen molar-refractivity contribution in [1.82, 2.24) is 0 Å². The van der Waals surface area contributed by atoms with E-state index in [9.17, 15) is 10.2 Å². The van der Waals surface area contributed by atoms with Gasteiger partial charge in [-0.15, -0.1) is 23.2 Å². The van der Waals surface area contributed by atoms with Crippen LogP contribution in [0.3, 0.4) is 0 Å². The fourth-order valence-corrected chi connectivity index (χ4v) is 14.7. The molecule has 0 spiro atoms. The third-order valence-corrected chi connectivity index (χ3v) is 19.8. The Bertz CT molecular complexity index is 5710. The van der Waals surface area contributed by atoms with Gasteiger partial charge in [0.1, 0.15) is 95.4 Å². The number of alkyl halides is 2.